The Bertz CT molecular complexity index is 4580. The Morgan fingerprint density at radius 2 is 0.745 bits per heavy atom. The van der Waals surface area contributed by atoms with E-state index in [-0.39, 0.29) is 28.6 Å². The molecule has 12 rings (SSSR count). The molecule has 0 unspecified atom stereocenters. The van der Waals surface area contributed by atoms with Crippen molar-refractivity contribution in [1.82, 2.24) is 0 Å². The van der Waals surface area contributed by atoms with E-state index in [0.29, 0.717) is 55.2 Å². The molecule has 474 valence electrons. The number of fused-ring (bicyclic) bond motifs is 3. The van der Waals surface area contributed by atoms with Gasteiger partial charge in [-0.15, -0.1) is 34.0 Å². The minimum Gasteiger partial charge on any atom is -0.508 e. The zero-order chi connectivity index (χ0) is 66.6. The van der Waals surface area contributed by atoms with Gasteiger partial charge in [-0.3, -0.25) is 4.79 Å². The highest BCUT2D eigenvalue weighted by Crippen LogP contribution is 2.52. The number of benzene rings is 9. The number of ether oxygens (including phenoxy) is 4. The minimum absolute atomic E-state index is 0.0155. The van der Waals surface area contributed by atoms with E-state index in [1.54, 1.807) is 120 Å². The molecular weight excluding hydrogens is 1250 g/mol. The van der Waals surface area contributed by atoms with Crippen molar-refractivity contribution >= 4 is 100 Å². The van der Waals surface area contributed by atoms with Gasteiger partial charge in [0.15, 0.2) is 23.0 Å². The molecule has 0 saturated heterocycles. The Labute approximate surface area is 554 Å². The number of alkyl halides is 2. The second-order valence-corrected chi connectivity index (χ2v) is 25.3. The number of ketones is 1. The standard InChI is InChI=1S/C27H24O4S.C27H24O3S.C24H16F2O4S/c1-17(2)21-6-4-5-7-22(21)27-26(23-14-11-19(28)16-24(23)32-27)31-20-12-8-18(9-13-20)10-15-25(29)30-3;1-17(2)22-6-4-5-7-23(22)27-26(24-15-12-20(29)16-25(24)31-27)30-21-13-10-19(11-14-21)9-8-18(3)28;25-24(26)18-4-2-1-3-17(18)23-22(19-11-8-15(27)13-20(19)31-23)30-16-9-5-14(6-10-16)7-12-21(28)29/h4-17,28H,1-3H3;4-17,29H,1-3H3;1-13,24,27H,(H,28,29)/b15-10+;9-8+;12-7+. The molecule has 0 saturated carbocycles. The molecule has 4 N–H and O–H groups in total. The van der Waals surface area contributed by atoms with Crippen LogP contribution in [0, 0.1) is 0 Å². The Kier molecular flexibility index (Phi) is 21.3. The van der Waals surface area contributed by atoms with Gasteiger partial charge < -0.3 is 39.4 Å². The lowest BCUT2D eigenvalue weighted by Crippen LogP contribution is -1.93. The highest BCUT2D eigenvalue weighted by atomic mass is 32.1. The Morgan fingerprint density at radius 3 is 1.06 bits per heavy atom. The summed E-state index contributed by atoms with van der Waals surface area (Å²) in [6.45, 7) is 10.3. The summed E-state index contributed by atoms with van der Waals surface area (Å²) in [5.41, 5.74) is 7.54. The molecule has 9 aromatic carbocycles. The van der Waals surface area contributed by atoms with Crippen molar-refractivity contribution in [3.05, 3.63) is 252 Å². The summed E-state index contributed by atoms with van der Waals surface area (Å²) in [6, 6.07) is 60.4. The van der Waals surface area contributed by atoms with Crippen molar-refractivity contribution in [3.8, 4) is 83.1 Å². The Morgan fingerprint density at radius 1 is 0.426 bits per heavy atom. The number of carbonyl (C=O) groups excluding carboxylic acids is 2. The molecule has 0 aliphatic heterocycles. The maximum absolute atomic E-state index is 13.6. The van der Waals surface area contributed by atoms with Crippen molar-refractivity contribution < 1.29 is 62.5 Å². The van der Waals surface area contributed by atoms with Gasteiger partial charge >= 0.3 is 11.9 Å². The molecule has 0 radical (unpaired) electrons. The highest BCUT2D eigenvalue weighted by Gasteiger charge is 2.24. The number of hydrogen-bond donors (Lipinski definition) is 4. The number of carbonyl (C=O) groups is 3. The van der Waals surface area contributed by atoms with Crippen molar-refractivity contribution in [1.29, 1.82) is 0 Å². The van der Waals surface area contributed by atoms with Crippen LogP contribution in [-0.2, 0) is 19.1 Å². The van der Waals surface area contributed by atoms with E-state index in [4.69, 9.17) is 19.3 Å². The molecule has 16 heteroatoms. The number of carboxylic acids is 1. The molecule has 0 aliphatic carbocycles. The van der Waals surface area contributed by atoms with Crippen molar-refractivity contribution in [2.24, 2.45) is 0 Å². The Balaban J connectivity index is 0.000000154. The quantitative estimate of drug-likeness (QED) is 0.0476. The van der Waals surface area contributed by atoms with Crippen LogP contribution in [0.2, 0.25) is 0 Å². The number of rotatable bonds is 18. The minimum atomic E-state index is -2.65. The average molecular weight is 1310 g/mol. The number of phenolic OH excluding ortho intramolecular Hbond substituents is 3. The normalized spacial score (nSPS) is 11.4. The van der Waals surface area contributed by atoms with Crippen LogP contribution in [0.1, 0.15) is 86.3 Å². The van der Waals surface area contributed by atoms with Gasteiger partial charge in [0.2, 0.25) is 0 Å². The number of allylic oxidation sites excluding steroid dienone is 1. The molecule has 0 fully saturated rings. The fourth-order valence-corrected chi connectivity index (χ4v) is 13.9. The lowest BCUT2D eigenvalue weighted by molar-refractivity contribution is -0.135. The molecule has 3 heterocycles. The van der Waals surface area contributed by atoms with Gasteiger partial charge in [0.1, 0.15) is 34.5 Å². The molecule has 0 atom stereocenters. The van der Waals surface area contributed by atoms with Crippen LogP contribution in [0.25, 0.3) is 79.8 Å². The van der Waals surface area contributed by atoms with Crippen LogP contribution in [0.15, 0.2) is 218 Å². The predicted octanol–water partition coefficient (Wildman–Crippen LogP) is 22.3. The van der Waals surface area contributed by atoms with E-state index in [1.807, 2.05) is 72.8 Å². The largest absolute Gasteiger partial charge is 0.508 e. The molecular formula is C78H64F2O11S3. The first kappa shape index (κ1) is 66.3. The molecule has 11 nitrogen and oxygen atoms in total. The van der Waals surface area contributed by atoms with Gasteiger partial charge in [-0.1, -0.05) is 143 Å². The number of thiophene rings is 3. The van der Waals surface area contributed by atoms with E-state index in [1.165, 1.54) is 60.8 Å². The number of methoxy groups -OCH3 is 1. The van der Waals surface area contributed by atoms with Crippen LogP contribution in [0.4, 0.5) is 8.78 Å². The lowest BCUT2D eigenvalue weighted by atomic mass is 9.96. The van der Waals surface area contributed by atoms with Gasteiger partial charge in [-0.2, -0.15) is 0 Å². The highest BCUT2D eigenvalue weighted by molar-refractivity contribution is 7.23. The van der Waals surface area contributed by atoms with Gasteiger partial charge in [-0.25, -0.2) is 18.4 Å². The third kappa shape index (κ3) is 16.1. The van der Waals surface area contributed by atoms with E-state index in [0.717, 1.165) is 75.5 Å². The first-order chi connectivity index (χ1) is 45.3. The van der Waals surface area contributed by atoms with Gasteiger partial charge in [-0.05, 0) is 167 Å². The fraction of sp³-hybridized carbons (Fsp3) is 0.115. The van der Waals surface area contributed by atoms with Crippen LogP contribution < -0.4 is 14.2 Å². The van der Waals surface area contributed by atoms with Crippen LogP contribution in [0.3, 0.4) is 0 Å². The first-order valence-electron chi connectivity index (χ1n) is 29.8. The summed E-state index contributed by atoms with van der Waals surface area (Å²) in [6.07, 6.45) is 6.27. The second kappa shape index (κ2) is 30.2. The second-order valence-electron chi connectivity index (χ2n) is 22.2. The molecule has 12 aromatic rings. The van der Waals surface area contributed by atoms with Crippen molar-refractivity contribution in [2.75, 3.05) is 7.11 Å². The monoisotopic (exact) mass is 1310 g/mol. The zero-order valence-electron chi connectivity index (χ0n) is 51.9. The third-order valence-corrected chi connectivity index (χ3v) is 18.3. The smallest absolute Gasteiger partial charge is 0.330 e. The van der Waals surface area contributed by atoms with E-state index >= 15 is 0 Å². The number of halogens is 2. The number of esters is 1. The molecule has 0 aliphatic rings. The first-order valence-corrected chi connectivity index (χ1v) is 32.3. The van der Waals surface area contributed by atoms with Crippen LogP contribution in [0.5, 0.6) is 51.7 Å². The summed E-state index contributed by atoms with van der Waals surface area (Å²) >= 11 is 4.50. The summed E-state index contributed by atoms with van der Waals surface area (Å²) in [5, 5.41) is 41.2. The predicted molar refractivity (Wildman–Crippen MR) is 377 cm³/mol. The number of aromatic hydroxyl groups is 3. The fourth-order valence-electron chi connectivity index (χ4n) is 10.2. The molecule has 94 heavy (non-hydrogen) atoms. The third-order valence-electron chi connectivity index (χ3n) is 14.8. The summed E-state index contributed by atoms with van der Waals surface area (Å²) in [4.78, 5) is 35.8. The number of aliphatic carboxylic acids is 1. The number of hydrogen-bond acceptors (Lipinski definition) is 13. The number of carboxylic acid groups (broad SMARTS) is 1. The van der Waals surface area contributed by atoms with Crippen molar-refractivity contribution in [2.45, 2.75) is 52.9 Å². The van der Waals surface area contributed by atoms with E-state index < -0.39 is 18.4 Å². The average Bonchev–Trinajstić information content (AvgIpc) is 1.64. The summed E-state index contributed by atoms with van der Waals surface area (Å²) in [7, 11) is 1.35. The van der Waals surface area contributed by atoms with Crippen LogP contribution in [-0.4, -0.2) is 45.3 Å². The van der Waals surface area contributed by atoms with Gasteiger partial charge in [0, 0.05) is 53.5 Å². The molecule has 0 amide bonds. The SMILES string of the molecule is CC(=O)/C=C/c1ccc(Oc2c(-c3ccccc3C(C)C)sc3cc(O)ccc23)cc1.COC(=O)/C=C/c1ccc(Oc2c(-c3ccccc3C(C)C)sc3cc(O)ccc23)cc1.O=C(O)/C=C/c1ccc(Oc2c(-c3ccccc3C(F)F)sc3cc(O)ccc23)cc1. The summed E-state index contributed by atoms with van der Waals surface area (Å²) < 4.78 is 53.5. The van der Waals surface area contributed by atoms with Gasteiger partial charge in [0.25, 0.3) is 6.43 Å². The lowest BCUT2D eigenvalue weighted by Gasteiger charge is -2.14. The summed E-state index contributed by atoms with van der Waals surface area (Å²) in [5.74, 6) is 3.71. The molecule has 3 aromatic heterocycles. The van der Waals surface area contributed by atoms with Crippen LogP contribution >= 0.6 is 34.0 Å². The maximum atomic E-state index is 13.6. The van der Waals surface area contributed by atoms with Crippen molar-refractivity contribution in [3.63, 3.8) is 0 Å². The Hall–Kier alpha value is -10.7. The zero-order valence-corrected chi connectivity index (χ0v) is 54.3. The van der Waals surface area contributed by atoms with E-state index in [9.17, 15) is 38.5 Å². The molecule has 0 spiro atoms. The van der Waals surface area contributed by atoms with E-state index in [2.05, 4.69) is 68.8 Å². The maximum Gasteiger partial charge on any atom is 0.330 e. The topological polar surface area (TPSA) is 169 Å². The van der Waals surface area contributed by atoms with Gasteiger partial charge in [0.05, 0.1) is 21.7 Å². The number of phenols is 3. The molecule has 0 bridgehead atoms.